The van der Waals surface area contributed by atoms with Crippen LogP contribution in [0.4, 0.5) is 4.79 Å². The minimum absolute atomic E-state index is 0.0398. The molecule has 5 nitrogen and oxygen atoms in total. The third-order valence-corrected chi connectivity index (χ3v) is 1.41. The molecule has 0 aromatic carbocycles. The van der Waals surface area contributed by atoms with E-state index in [1.54, 1.807) is 0 Å². The summed E-state index contributed by atoms with van der Waals surface area (Å²) < 4.78 is 9.79. The van der Waals surface area contributed by atoms with Crippen molar-refractivity contribution in [3.05, 3.63) is 0 Å². The van der Waals surface area contributed by atoms with Crippen LogP contribution in [0.15, 0.2) is 0 Å². The second-order valence-electron chi connectivity index (χ2n) is 2.75. The molecular formula is C9H19NO4. The lowest BCUT2D eigenvalue weighted by Gasteiger charge is -2.05. The first-order chi connectivity index (χ1) is 6.81. The minimum Gasteiger partial charge on any atom is -0.447 e. The summed E-state index contributed by atoms with van der Waals surface area (Å²) in [5, 5.41) is 10.9. The van der Waals surface area contributed by atoms with E-state index in [-0.39, 0.29) is 13.2 Å². The smallest absolute Gasteiger partial charge is 0.407 e. The van der Waals surface area contributed by atoms with Crippen molar-refractivity contribution in [1.82, 2.24) is 5.32 Å². The molecule has 0 radical (unpaired) electrons. The van der Waals surface area contributed by atoms with Gasteiger partial charge in [-0.1, -0.05) is 6.92 Å². The van der Waals surface area contributed by atoms with E-state index in [0.29, 0.717) is 13.2 Å². The lowest BCUT2D eigenvalue weighted by molar-refractivity contribution is 0.114. The predicted octanol–water partition coefficient (Wildman–Crippen LogP) is 0.522. The van der Waals surface area contributed by atoms with Gasteiger partial charge in [0.15, 0.2) is 0 Å². The number of nitrogens with one attached hydrogen (secondary N) is 1. The van der Waals surface area contributed by atoms with Crippen molar-refractivity contribution in [2.45, 2.75) is 19.8 Å². The number of carbonyl (C=O) groups is 1. The summed E-state index contributed by atoms with van der Waals surface area (Å²) in [5.41, 5.74) is 0. The molecule has 0 aliphatic heterocycles. The number of hydrogen-bond acceptors (Lipinski definition) is 4. The van der Waals surface area contributed by atoms with Crippen LogP contribution in [0, 0.1) is 0 Å². The second kappa shape index (κ2) is 10.3. The van der Waals surface area contributed by atoms with E-state index in [0.717, 1.165) is 19.4 Å². The van der Waals surface area contributed by atoms with Crippen molar-refractivity contribution < 1.29 is 19.4 Å². The first-order valence-electron chi connectivity index (χ1n) is 4.90. The van der Waals surface area contributed by atoms with Crippen LogP contribution in [0.25, 0.3) is 0 Å². The number of alkyl carbamates (subject to hydrolysis) is 1. The highest BCUT2D eigenvalue weighted by atomic mass is 16.6. The van der Waals surface area contributed by atoms with Crippen molar-refractivity contribution in [2.75, 3.05) is 33.0 Å². The second-order valence-corrected chi connectivity index (χ2v) is 2.75. The Balaban J connectivity index is 3.07. The van der Waals surface area contributed by atoms with E-state index < -0.39 is 6.09 Å². The first kappa shape index (κ1) is 13.2. The predicted molar refractivity (Wildman–Crippen MR) is 52.2 cm³/mol. The van der Waals surface area contributed by atoms with Gasteiger partial charge < -0.3 is 19.9 Å². The number of aliphatic hydroxyl groups excluding tert-OH is 1. The summed E-state index contributed by atoms with van der Waals surface area (Å²) >= 11 is 0. The minimum atomic E-state index is -0.491. The normalized spacial score (nSPS) is 9.86. The highest BCUT2D eigenvalue weighted by Gasteiger charge is 1.98. The van der Waals surface area contributed by atoms with Gasteiger partial charge in [0.2, 0.25) is 0 Å². The molecule has 0 aromatic heterocycles. The molecule has 14 heavy (non-hydrogen) atoms. The Hall–Kier alpha value is -0.810. The summed E-state index contributed by atoms with van der Waals surface area (Å²) in [4.78, 5) is 10.8. The molecule has 5 heteroatoms. The van der Waals surface area contributed by atoms with E-state index in [2.05, 4.69) is 10.1 Å². The molecule has 0 spiro atoms. The SMILES string of the molecule is CCCOCCCNC(=O)OCCO. The molecule has 0 saturated carbocycles. The molecule has 0 aromatic rings. The van der Waals surface area contributed by atoms with Gasteiger partial charge in [-0.2, -0.15) is 0 Å². The molecule has 0 bridgehead atoms. The fourth-order valence-corrected chi connectivity index (χ4v) is 0.800. The summed E-state index contributed by atoms with van der Waals surface area (Å²) in [6.07, 6.45) is 1.29. The lowest BCUT2D eigenvalue weighted by Crippen LogP contribution is -2.27. The number of amides is 1. The van der Waals surface area contributed by atoms with Crippen LogP contribution in [-0.4, -0.2) is 44.2 Å². The Labute approximate surface area is 84.4 Å². The zero-order valence-corrected chi connectivity index (χ0v) is 8.62. The van der Waals surface area contributed by atoms with Crippen LogP contribution in [0.3, 0.4) is 0 Å². The molecule has 0 saturated heterocycles. The van der Waals surface area contributed by atoms with Crippen LogP contribution in [0.1, 0.15) is 19.8 Å². The maximum absolute atomic E-state index is 10.8. The average Bonchev–Trinajstić information content (AvgIpc) is 2.20. The van der Waals surface area contributed by atoms with Crippen molar-refractivity contribution in [3.63, 3.8) is 0 Å². The fraction of sp³-hybridized carbons (Fsp3) is 0.889. The van der Waals surface area contributed by atoms with E-state index in [1.807, 2.05) is 6.92 Å². The van der Waals surface area contributed by atoms with Crippen LogP contribution in [0.5, 0.6) is 0 Å². The number of aliphatic hydroxyl groups is 1. The van der Waals surface area contributed by atoms with E-state index in [9.17, 15) is 4.79 Å². The number of carbonyl (C=O) groups excluding carboxylic acids is 1. The highest BCUT2D eigenvalue weighted by Crippen LogP contribution is 1.84. The Morgan fingerprint density at radius 2 is 2.14 bits per heavy atom. The van der Waals surface area contributed by atoms with Crippen LogP contribution < -0.4 is 5.32 Å². The molecule has 84 valence electrons. The van der Waals surface area contributed by atoms with Crippen LogP contribution in [0.2, 0.25) is 0 Å². The summed E-state index contributed by atoms with van der Waals surface area (Å²) in [6, 6.07) is 0. The molecule has 0 fully saturated rings. The molecule has 0 unspecified atom stereocenters. The standard InChI is InChI=1S/C9H19NO4/c1-2-6-13-7-3-4-10-9(12)14-8-5-11/h11H,2-8H2,1H3,(H,10,12). The van der Waals surface area contributed by atoms with Gasteiger partial charge in [0.25, 0.3) is 0 Å². The zero-order valence-electron chi connectivity index (χ0n) is 8.62. The maximum Gasteiger partial charge on any atom is 0.407 e. The summed E-state index contributed by atoms with van der Waals surface area (Å²) in [7, 11) is 0. The zero-order chi connectivity index (χ0) is 10.6. The largest absolute Gasteiger partial charge is 0.447 e. The van der Waals surface area contributed by atoms with Gasteiger partial charge in [-0.25, -0.2) is 4.79 Å². The Kier molecular flexibility index (Phi) is 9.68. The van der Waals surface area contributed by atoms with Gasteiger partial charge in [-0.05, 0) is 12.8 Å². The summed E-state index contributed by atoms with van der Waals surface area (Å²) in [6.45, 7) is 3.88. The van der Waals surface area contributed by atoms with Gasteiger partial charge in [0.05, 0.1) is 6.61 Å². The topological polar surface area (TPSA) is 67.8 Å². The van der Waals surface area contributed by atoms with E-state index in [4.69, 9.17) is 9.84 Å². The molecular weight excluding hydrogens is 186 g/mol. The van der Waals surface area contributed by atoms with E-state index >= 15 is 0 Å². The lowest BCUT2D eigenvalue weighted by atomic mass is 10.4. The van der Waals surface area contributed by atoms with Crippen molar-refractivity contribution >= 4 is 6.09 Å². The third-order valence-electron chi connectivity index (χ3n) is 1.41. The average molecular weight is 205 g/mol. The quantitative estimate of drug-likeness (QED) is 0.567. The Morgan fingerprint density at radius 3 is 2.79 bits per heavy atom. The monoisotopic (exact) mass is 205 g/mol. The van der Waals surface area contributed by atoms with Gasteiger partial charge in [0, 0.05) is 19.8 Å². The number of hydrogen-bond donors (Lipinski definition) is 2. The Bertz CT molecular complexity index is 141. The molecule has 2 N–H and O–H groups in total. The van der Waals surface area contributed by atoms with Crippen molar-refractivity contribution in [1.29, 1.82) is 0 Å². The van der Waals surface area contributed by atoms with Crippen molar-refractivity contribution in [2.24, 2.45) is 0 Å². The number of rotatable bonds is 8. The van der Waals surface area contributed by atoms with Gasteiger partial charge >= 0.3 is 6.09 Å². The molecule has 0 aliphatic rings. The first-order valence-corrected chi connectivity index (χ1v) is 4.90. The molecule has 0 rings (SSSR count). The van der Waals surface area contributed by atoms with Crippen LogP contribution >= 0.6 is 0 Å². The van der Waals surface area contributed by atoms with Crippen molar-refractivity contribution in [3.8, 4) is 0 Å². The van der Waals surface area contributed by atoms with E-state index in [1.165, 1.54) is 0 Å². The fourth-order valence-electron chi connectivity index (χ4n) is 0.800. The van der Waals surface area contributed by atoms with Gasteiger partial charge in [-0.15, -0.1) is 0 Å². The van der Waals surface area contributed by atoms with Gasteiger partial charge in [-0.3, -0.25) is 0 Å². The molecule has 1 amide bonds. The number of ether oxygens (including phenoxy) is 2. The summed E-state index contributed by atoms with van der Waals surface area (Å²) in [5.74, 6) is 0. The molecule has 0 atom stereocenters. The van der Waals surface area contributed by atoms with Crippen LogP contribution in [-0.2, 0) is 9.47 Å². The van der Waals surface area contributed by atoms with Gasteiger partial charge in [0.1, 0.15) is 6.61 Å². The third kappa shape index (κ3) is 9.28. The maximum atomic E-state index is 10.8. The Morgan fingerprint density at radius 1 is 1.36 bits per heavy atom. The molecule has 0 aliphatic carbocycles. The highest BCUT2D eigenvalue weighted by molar-refractivity contribution is 5.66. The molecule has 0 heterocycles.